The Hall–Kier alpha value is -0.960. The van der Waals surface area contributed by atoms with Crippen molar-refractivity contribution in [1.29, 1.82) is 0 Å². The molecule has 20 heavy (non-hydrogen) atoms. The molecule has 0 saturated carbocycles. The summed E-state index contributed by atoms with van der Waals surface area (Å²) in [6.45, 7) is 2.96. The van der Waals surface area contributed by atoms with Gasteiger partial charge in [-0.1, -0.05) is 0 Å². The average Bonchev–Trinajstić information content (AvgIpc) is 2.92. The largest absolute Gasteiger partial charge is 0.319 e. The van der Waals surface area contributed by atoms with Crippen molar-refractivity contribution < 1.29 is 8.42 Å². The first-order valence-electron chi connectivity index (χ1n) is 6.98. The van der Waals surface area contributed by atoms with Crippen LogP contribution in [-0.2, 0) is 16.8 Å². The highest BCUT2D eigenvalue weighted by molar-refractivity contribution is 7.87. The van der Waals surface area contributed by atoms with Gasteiger partial charge in [0.1, 0.15) is 0 Å². The molecule has 0 aromatic carbocycles. The summed E-state index contributed by atoms with van der Waals surface area (Å²) in [5.74, 6) is 0.399. The van der Waals surface area contributed by atoms with E-state index in [1.807, 2.05) is 19.3 Å². The smallest absolute Gasteiger partial charge is 0.279 e. The van der Waals surface area contributed by atoms with Gasteiger partial charge in [-0.05, 0) is 38.4 Å². The molecule has 2 rings (SSSR count). The number of aromatic nitrogens is 2. The molecule has 0 amide bonds. The standard InChI is InChI=1S/C12H23N5O2S/c1-13-10-12-4-2-8-17(11-12)20(18,19)15-6-9-16-7-3-5-14-16/h3,5,7,12-13,15H,2,4,6,8-11H2,1H3. The van der Waals surface area contributed by atoms with Gasteiger partial charge in [0.2, 0.25) is 0 Å². The van der Waals surface area contributed by atoms with Crippen LogP contribution in [-0.4, -0.2) is 55.7 Å². The molecule has 2 N–H and O–H groups in total. The lowest BCUT2D eigenvalue weighted by Crippen LogP contribution is -2.48. The van der Waals surface area contributed by atoms with E-state index in [1.165, 1.54) is 0 Å². The van der Waals surface area contributed by atoms with E-state index < -0.39 is 10.2 Å². The van der Waals surface area contributed by atoms with Crippen molar-refractivity contribution in [3.8, 4) is 0 Å². The molecule has 1 saturated heterocycles. The fraction of sp³-hybridized carbons (Fsp3) is 0.750. The number of rotatable bonds is 7. The molecule has 1 aliphatic rings. The molecule has 8 heteroatoms. The molecule has 1 atom stereocenters. The fourth-order valence-electron chi connectivity index (χ4n) is 2.51. The van der Waals surface area contributed by atoms with Crippen molar-refractivity contribution in [3.63, 3.8) is 0 Å². The van der Waals surface area contributed by atoms with Crippen LogP contribution >= 0.6 is 0 Å². The Morgan fingerprint density at radius 3 is 3.00 bits per heavy atom. The minimum Gasteiger partial charge on any atom is -0.319 e. The zero-order valence-corrected chi connectivity index (χ0v) is 12.6. The Balaban J connectivity index is 1.82. The summed E-state index contributed by atoms with van der Waals surface area (Å²) in [6, 6.07) is 1.82. The predicted octanol–water partition coefficient (Wildman–Crippen LogP) is -0.351. The molecule has 114 valence electrons. The summed E-state index contributed by atoms with van der Waals surface area (Å²) in [6.07, 6.45) is 5.51. The number of hydrogen-bond acceptors (Lipinski definition) is 4. The summed E-state index contributed by atoms with van der Waals surface area (Å²) >= 11 is 0. The van der Waals surface area contributed by atoms with Crippen LogP contribution < -0.4 is 10.0 Å². The molecule has 0 aliphatic carbocycles. The summed E-state index contributed by atoms with van der Waals surface area (Å²) in [7, 11) is -1.47. The van der Waals surface area contributed by atoms with Crippen LogP contribution in [0.25, 0.3) is 0 Å². The summed E-state index contributed by atoms with van der Waals surface area (Å²) in [4.78, 5) is 0. The first kappa shape index (κ1) is 15.4. The molecule has 0 bridgehead atoms. The SMILES string of the molecule is CNCC1CCCN(S(=O)(=O)NCCn2cccn2)C1. The molecular formula is C12H23N5O2S. The normalized spacial score (nSPS) is 21.1. The molecule has 1 unspecified atom stereocenters. The molecule has 1 aromatic rings. The summed E-state index contributed by atoms with van der Waals surface area (Å²) < 4.78 is 30.4. The number of nitrogens with zero attached hydrogens (tertiary/aromatic N) is 3. The van der Waals surface area contributed by atoms with Gasteiger partial charge in [-0.15, -0.1) is 0 Å². The Kier molecular flexibility index (Phi) is 5.53. The summed E-state index contributed by atoms with van der Waals surface area (Å²) in [5, 5.41) is 7.16. The third-order valence-electron chi connectivity index (χ3n) is 3.50. The average molecular weight is 301 g/mol. The van der Waals surface area contributed by atoms with E-state index in [0.29, 0.717) is 32.1 Å². The quantitative estimate of drug-likeness (QED) is 0.721. The van der Waals surface area contributed by atoms with Crippen molar-refractivity contribution in [2.45, 2.75) is 19.4 Å². The first-order valence-corrected chi connectivity index (χ1v) is 8.42. The van der Waals surface area contributed by atoms with Gasteiger partial charge < -0.3 is 5.32 Å². The van der Waals surface area contributed by atoms with Gasteiger partial charge in [-0.25, -0.2) is 4.72 Å². The zero-order valence-electron chi connectivity index (χ0n) is 11.8. The lowest BCUT2D eigenvalue weighted by Gasteiger charge is -2.31. The van der Waals surface area contributed by atoms with E-state index in [-0.39, 0.29) is 0 Å². The lowest BCUT2D eigenvalue weighted by molar-refractivity contribution is 0.260. The summed E-state index contributed by atoms with van der Waals surface area (Å²) in [5.41, 5.74) is 0. The fourth-order valence-corrected chi connectivity index (χ4v) is 3.82. The molecule has 1 aliphatic heterocycles. The first-order chi connectivity index (χ1) is 9.62. The van der Waals surface area contributed by atoms with Crippen LogP contribution in [0.15, 0.2) is 18.5 Å². The van der Waals surface area contributed by atoms with E-state index >= 15 is 0 Å². The van der Waals surface area contributed by atoms with E-state index in [9.17, 15) is 8.42 Å². The topological polar surface area (TPSA) is 79.3 Å². The van der Waals surface area contributed by atoms with Gasteiger partial charge in [0.15, 0.2) is 0 Å². The van der Waals surface area contributed by atoms with E-state index in [0.717, 1.165) is 19.4 Å². The van der Waals surface area contributed by atoms with Crippen LogP contribution in [0.4, 0.5) is 0 Å². The lowest BCUT2D eigenvalue weighted by atomic mass is 10.00. The maximum Gasteiger partial charge on any atom is 0.279 e. The molecule has 1 aromatic heterocycles. The van der Waals surface area contributed by atoms with Gasteiger partial charge >= 0.3 is 0 Å². The highest BCUT2D eigenvalue weighted by Crippen LogP contribution is 2.17. The van der Waals surface area contributed by atoms with Gasteiger partial charge in [0.25, 0.3) is 10.2 Å². The Labute approximate surface area is 120 Å². The number of piperidine rings is 1. The van der Waals surface area contributed by atoms with Crippen LogP contribution in [0.2, 0.25) is 0 Å². The Morgan fingerprint density at radius 2 is 2.30 bits per heavy atom. The molecule has 1 fully saturated rings. The van der Waals surface area contributed by atoms with Crippen LogP contribution in [0.3, 0.4) is 0 Å². The number of hydrogen-bond donors (Lipinski definition) is 2. The Bertz CT molecular complexity index is 486. The van der Waals surface area contributed by atoms with E-state index in [1.54, 1.807) is 15.2 Å². The van der Waals surface area contributed by atoms with Crippen LogP contribution in [0.1, 0.15) is 12.8 Å². The Morgan fingerprint density at radius 1 is 1.45 bits per heavy atom. The van der Waals surface area contributed by atoms with Crippen LogP contribution in [0.5, 0.6) is 0 Å². The van der Waals surface area contributed by atoms with Crippen molar-refractivity contribution in [1.82, 2.24) is 24.1 Å². The second kappa shape index (κ2) is 7.16. The van der Waals surface area contributed by atoms with Crippen molar-refractivity contribution >= 4 is 10.2 Å². The minimum atomic E-state index is -3.37. The zero-order chi connectivity index (χ0) is 14.4. The highest BCUT2D eigenvalue weighted by atomic mass is 32.2. The third-order valence-corrected chi connectivity index (χ3v) is 5.08. The number of nitrogens with one attached hydrogen (secondary N) is 2. The van der Waals surface area contributed by atoms with Gasteiger partial charge in [0, 0.05) is 32.0 Å². The molecular weight excluding hydrogens is 278 g/mol. The molecule has 0 radical (unpaired) electrons. The van der Waals surface area contributed by atoms with Crippen molar-refractivity contribution in [2.75, 3.05) is 33.2 Å². The molecule has 0 spiro atoms. The molecule has 2 heterocycles. The highest BCUT2D eigenvalue weighted by Gasteiger charge is 2.28. The maximum absolute atomic E-state index is 12.2. The van der Waals surface area contributed by atoms with Crippen molar-refractivity contribution in [2.24, 2.45) is 5.92 Å². The monoisotopic (exact) mass is 301 g/mol. The predicted molar refractivity (Wildman–Crippen MR) is 77.4 cm³/mol. The molecule has 7 nitrogen and oxygen atoms in total. The van der Waals surface area contributed by atoms with Crippen LogP contribution in [0, 0.1) is 5.92 Å². The van der Waals surface area contributed by atoms with Gasteiger partial charge in [-0.2, -0.15) is 17.8 Å². The van der Waals surface area contributed by atoms with E-state index in [2.05, 4.69) is 15.1 Å². The van der Waals surface area contributed by atoms with Gasteiger partial charge in [-0.3, -0.25) is 4.68 Å². The minimum absolute atomic E-state index is 0.358. The van der Waals surface area contributed by atoms with E-state index in [4.69, 9.17) is 0 Å². The second-order valence-corrected chi connectivity index (χ2v) is 6.85. The van der Waals surface area contributed by atoms with Crippen molar-refractivity contribution in [3.05, 3.63) is 18.5 Å². The van der Waals surface area contributed by atoms with Gasteiger partial charge in [0.05, 0.1) is 6.54 Å². The second-order valence-electron chi connectivity index (χ2n) is 5.09. The maximum atomic E-state index is 12.2. The third kappa shape index (κ3) is 4.27.